The fourth-order valence-corrected chi connectivity index (χ4v) is 3.53. The first-order valence-electron chi connectivity index (χ1n) is 8.19. The van der Waals surface area contributed by atoms with Crippen molar-refractivity contribution in [3.63, 3.8) is 0 Å². The van der Waals surface area contributed by atoms with Gasteiger partial charge in [0, 0.05) is 10.8 Å². The van der Waals surface area contributed by atoms with Crippen molar-refractivity contribution in [2.45, 2.75) is 6.92 Å². The summed E-state index contributed by atoms with van der Waals surface area (Å²) in [4.78, 5) is 17.3. The topological polar surface area (TPSA) is 78.9 Å². The number of nitrogens with zero attached hydrogens (tertiary/aromatic N) is 2. The highest BCUT2D eigenvalue weighted by atomic mass is 35.5. The Balaban J connectivity index is 2.24. The van der Waals surface area contributed by atoms with Crippen LogP contribution in [0.3, 0.4) is 0 Å². The molecule has 6 nitrogen and oxygen atoms in total. The Bertz CT molecular complexity index is 1230. The van der Waals surface area contributed by atoms with Crippen LogP contribution >= 0.6 is 23.2 Å². The summed E-state index contributed by atoms with van der Waals surface area (Å²) in [6.07, 6.45) is 0. The maximum atomic E-state index is 12.6. The average molecular weight is 404 g/mol. The van der Waals surface area contributed by atoms with Crippen molar-refractivity contribution in [3.8, 4) is 5.75 Å². The number of halogens is 2. The molecule has 0 bridgehead atoms. The average Bonchev–Trinajstić information content (AvgIpc) is 3.01. The largest absolute Gasteiger partial charge is 0.497 e. The lowest BCUT2D eigenvalue weighted by Crippen LogP contribution is -2.12. The van der Waals surface area contributed by atoms with Crippen LogP contribution in [0.1, 0.15) is 17.3 Å². The van der Waals surface area contributed by atoms with Crippen molar-refractivity contribution < 1.29 is 14.3 Å². The first-order chi connectivity index (χ1) is 13.0. The summed E-state index contributed by atoms with van der Waals surface area (Å²) in [5, 5.41) is 2.09. The number of aromatic nitrogens is 2. The first-order valence-corrected chi connectivity index (χ1v) is 8.95. The fourth-order valence-electron chi connectivity index (χ4n) is 3.22. The molecule has 0 saturated heterocycles. The summed E-state index contributed by atoms with van der Waals surface area (Å²) in [6, 6.07) is 8.69. The molecule has 2 heterocycles. The van der Waals surface area contributed by atoms with E-state index in [0.717, 1.165) is 0 Å². The van der Waals surface area contributed by atoms with Gasteiger partial charge in [-0.3, -0.25) is 4.40 Å². The highest BCUT2D eigenvalue weighted by molar-refractivity contribution is 6.42. The number of fused-ring (bicyclic) bond motifs is 5. The van der Waals surface area contributed by atoms with Crippen LogP contribution in [0.5, 0.6) is 5.75 Å². The van der Waals surface area contributed by atoms with E-state index in [-0.39, 0.29) is 18.0 Å². The molecule has 0 spiro atoms. The van der Waals surface area contributed by atoms with Crippen LogP contribution in [0.4, 0.5) is 5.82 Å². The predicted octanol–water partition coefficient (Wildman–Crippen LogP) is 4.72. The minimum Gasteiger partial charge on any atom is -0.497 e. The highest BCUT2D eigenvalue weighted by Gasteiger charge is 2.23. The summed E-state index contributed by atoms with van der Waals surface area (Å²) in [5.74, 6) is 0.350. The van der Waals surface area contributed by atoms with Gasteiger partial charge in [0.15, 0.2) is 0 Å². The molecule has 2 aromatic heterocycles. The molecule has 0 saturated carbocycles. The van der Waals surface area contributed by atoms with E-state index in [2.05, 4.69) is 4.98 Å². The number of esters is 1. The second-order valence-corrected chi connectivity index (χ2v) is 6.73. The van der Waals surface area contributed by atoms with E-state index in [1.165, 1.54) is 0 Å². The second-order valence-electron chi connectivity index (χ2n) is 5.92. The SMILES string of the molecule is CCOC(=O)c1c(N)n2c3cc(Cl)c(Cl)cc3nc2c2cc(OC)ccc12. The van der Waals surface area contributed by atoms with Gasteiger partial charge in [0.2, 0.25) is 0 Å². The first kappa shape index (κ1) is 17.7. The van der Waals surface area contributed by atoms with Crippen molar-refractivity contribution >= 4 is 62.4 Å². The molecule has 4 rings (SSSR count). The molecule has 0 aliphatic carbocycles. The van der Waals surface area contributed by atoms with Gasteiger partial charge in [-0.1, -0.05) is 23.2 Å². The third-order valence-corrected chi connectivity index (χ3v) is 5.13. The Labute approximate surface area is 164 Å². The van der Waals surface area contributed by atoms with Gasteiger partial charge in [-0.25, -0.2) is 9.78 Å². The van der Waals surface area contributed by atoms with E-state index in [0.29, 0.717) is 43.2 Å². The minimum absolute atomic E-state index is 0.224. The summed E-state index contributed by atoms with van der Waals surface area (Å²) < 4.78 is 12.2. The van der Waals surface area contributed by atoms with Crippen LogP contribution < -0.4 is 10.5 Å². The Hall–Kier alpha value is -2.70. The monoisotopic (exact) mass is 403 g/mol. The molecule has 8 heteroatoms. The number of anilines is 1. The lowest BCUT2D eigenvalue weighted by molar-refractivity contribution is 0.0529. The number of imidazole rings is 1. The molecule has 0 unspecified atom stereocenters. The molecule has 0 aliphatic rings. The van der Waals surface area contributed by atoms with E-state index in [1.807, 2.05) is 6.07 Å². The zero-order valence-electron chi connectivity index (χ0n) is 14.5. The minimum atomic E-state index is -0.506. The number of carbonyl (C=O) groups excluding carboxylic acids is 1. The Morgan fingerprint density at radius 3 is 2.63 bits per heavy atom. The van der Waals surface area contributed by atoms with Crippen LogP contribution in [0.2, 0.25) is 10.0 Å². The molecule has 2 aromatic carbocycles. The van der Waals surface area contributed by atoms with E-state index < -0.39 is 5.97 Å². The summed E-state index contributed by atoms with van der Waals surface area (Å²) in [5.41, 5.74) is 8.50. The third kappa shape index (κ3) is 2.64. The third-order valence-electron chi connectivity index (χ3n) is 4.41. The van der Waals surface area contributed by atoms with E-state index in [9.17, 15) is 4.79 Å². The van der Waals surface area contributed by atoms with Gasteiger partial charge in [0.05, 0.1) is 34.8 Å². The summed E-state index contributed by atoms with van der Waals surface area (Å²) in [6.45, 7) is 1.98. The normalized spacial score (nSPS) is 11.4. The molecule has 0 fully saturated rings. The number of ether oxygens (including phenoxy) is 2. The Kier molecular flexibility index (Phi) is 4.25. The number of nitrogen functional groups attached to an aromatic ring is 1. The van der Waals surface area contributed by atoms with E-state index in [4.69, 9.17) is 38.4 Å². The standard InChI is InChI=1S/C19H15Cl2N3O3/c1-3-27-19(25)16-10-5-4-9(26-2)6-11(10)18-23-14-7-12(20)13(21)8-15(14)24(18)17(16)22/h4-8H,3,22H2,1-2H3. The number of hydrogen-bond donors (Lipinski definition) is 1. The van der Waals surface area contributed by atoms with Crippen molar-refractivity contribution in [2.24, 2.45) is 0 Å². The van der Waals surface area contributed by atoms with Crippen molar-refractivity contribution in [2.75, 3.05) is 19.5 Å². The number of pyridine rings is 1. The summed E-state index contributed by atoms with van der Waals surface area (Å²) in [7, 11) is 1.57. The van der Waals surface area contributed by atoms with Gasteiger partial charge in [-0.15, -0.1) is 0 Å². The van der Waals surface area contributed by atoms with Crippen molar-refractivity contribution in [3.05, 3.63) is 45.9 Å². The van der Waals surface area contributed by atoms with Gasteiger partial charge in [0.25, 0.3) is 0 Å². The highest BCUT2D eigenvalue weighted by Crippen LogP contribution is 2.36. The van der Waals surface area contributed by atoms with Crippen LogP contribution in [0, 0.1) is 0 Å². The molecule has 0 atom stereocenters. The fraction of sp³-hybridized carbons (Fsp3) is 0.158. The molecular formula is C19H15Cl2N3O3. The molecule has 0 aliphatic heterocycles. The quantitative estimate of drug-likeness (QED) is 0.500. The maximum absolute atomic E-state index is 12.6. The smallest absolute Gasteiger partial charge is 0.342 e. The molecule has 0 amide bonds. The van der Waals surface area contributed by atoms with E-state index >= 15 is 0 Å². The summed E-state index contributed by atoms with van der Waals surface area (Å²) >= 11 is 12.3. The Morgan fingerprint density at radius 2 is 1.93 bits per heavy atom. The zero-order valence-corrected chi connectivity index (χ0v) is 16.1. The van der Waals surface area contributed by atoms with Crippen molar-refractivity contribution in [1.29, 1.82) is 0 Å². The van der Waals surface area contributed by atoms with Crippen LogP contribution in [0.25, 0.3) is 27.5 Å². The number of benzene rings is 2. The van der Waals surface area contributed by atoms with E-state index in [1.54, 1.807) is 42.7 Å². The molecule has 4 aromatic rings. The maximum Gasteiger partial charge on any atom is 0.342 e. The number of rotatable bonds is 3. The van der Waals surface area contributed by atoms with Gasteiger partial charge in [0.1, 0.15) is 22.8 Å². The number of methoxy groups -OCH3 is 1. The number of nitrogens with two attached hydrogens (primary N) is 1. The molecule has 27 heavy (non-hydrogen) atoms. The van der Waals surface area contributed by atoms with Crippen LogP contribution in [-0.2, 0) is 4.74 Å². The molecule has 138 valence electrons. The Morgan fingerprint density at radius 1 is 1.19 bits per heavy atom. The lowest BCUT2D eigenvalue weighted by atomic mass is 10.1. The van der Waals surface area contributed by atoms with Gasteiger partial charge in [-0.05, 0) is 37.3 Å². The van der Waals surface area contributed by atoms with Gasteiger partial charge >= 0.3 is 5.97 Å². The van der Waals surface area contributed by atoms with Crippen LogP contribution in [0.15, 0.2) is 30.3 Å². The zero-order chi connectivity index (χ0) is 19.3. The molecular weight excluding hydrogens is 389 g/mol. The van der Waals surface area contributed by atoms with Gasteiger partial charge < -0.3 is 15.2 Å². The molecule has 0 radical (unpaired) electrons. The van der Waals surface area contributed by atoms with Gasteiger partial charge in [-0.2, -0.15) is 0 Å². The number of hydrogen-bond acceptors (Lipinski definition) is 5. The number of carbonyl (C=O) groups is 1. The molecule has 2 N–H and O–H groups in total. The van der Waals surface area contributed by atoms with Crippen LogP contribution in [-0.4, -0.2) is 29.1 Å². The van der Waals surface area contributed by atoms with Crippen molar-refractivity contribution in [1.82, 2.24) is 9.38 Å². The second kappa shape index (κ2) is 6.48. The lowest BCUT2D eigenvalue weighted by Gasteiger charge is -2.13. The predicted molar refractivity (Wildman–Crippen MR) is 107 cm³/mol.